The van der Waals surface area contributed by atoms with E-state index in [9.17, 15) is 0 Å². The SMILES string of the molecule is BBBC1CCCO1. The van der Waals surface area contributed by atoms with Gasteiger partial charge >= 0.3 is 0 Å². The molecule has 1 rings (SSSR count). The normalized spacial score (nSPS) is 27.8. The average molecular weight is 108 g/mol. The summed E-state index contributed by atoms with van der Waals surface area (Å²) in [6.07, 6.45) is 2.58. The minimum Gasteiger partial charge on any atom is -0.388 e. The van der Waals surface area contributed by atoms with Crippen molar-refractivity contribution >= 4 is 22.0 Å². The van der Waals surface area contributed by atoms with Crippen molar-refractivity contribution in [3.63, 3.8) is 0 Å². The largest absolute Gasteiger partial charge is 0.388 e. The molecule has 0 spiro atoms. The third-order valence-electron chi connectivity index (χ3n) is 1.63. The summed E-state index contributed by atoms with van der Waals surface area (Å²) >= 11 is 0. The summed E-state index contributed by atoms with van der Waals surface area (Å²) < 4.78 is 5.39. The molecule has 0 aromatic heterocycles. The van der Waals surface area contributed by atoms with Crippen molar-refractivity contribution < 1.29 is 4.74 Å². The zero-order valence-electron chi connectivity index (χ0n) is 5.52. The van der Waals surface area contributed by atoms with Crippen molar-refractivity contribution in [3.8, 4) is 0 Å². The molecule has 1 heterocycles. The molecule has 0 aliphatic carbocycles. The molecule has 1 saturated heterocycles. The first kappa shape index (κ1) is 6.28. The van der Waals surface area contributed by atoms with E-state index in [1.165, 1.54) is 27.1 Å². The molecule has 1 aliphatic heterocycles. The van der Waals surface area contributed by atoms with Crippen LogP contribution in [0.15, 0.2) is 0 Å². The molecule has 1 nitrogen and oxygen atoms in total. The fourth-order valence-electron chi connectivity index (χ4n) is 1.19. The molecule has 4 heteroatoms. The highest BCUT2D eigenvalue weighted by molar-refractivity contribution is 7.24. The van der Waals surface area contributed by atoms with Crippen molar-refractivity contribution in [1.29, 1.82) is 0 Å². The first-order chi connectivity index (χ1) is 3.93. The average Bonchev–Trinajstić information content (AvgIpc) is 2.19. The van der Waals surface area contributed by atoms with E-state index in [0.717, 1.165) is 6.61 Å². The van der Waals surface area contributed by atoms with Crippen LogP contribution in [-0.2, 0) is 4.74 Å². The molecule has 0 aromatic rings. The summed E-state index contributed by atoms with van der Waals surface area (Å²) in [4.78, 5) is 0. The van der Waals surface area contributed by atoms with Crippen molar-refractivity contribution in [2.75, 3.05) is 6.61 Å². The molecule has 0 saturated carbocycles. The Balaban J connectivity index is 2.06. The molecular formula is C4H11B3O. The molecule has 42 valence electrons. The molecule has 1 unspecified atom stereocenters. The van der Waals surface area contributed by atoms with Crippen LogP contribution in [0.3, 0.4) is 0 Å². The van der Waals surface area contributed by atoms with Crippen LogP contribution < -0.4 is 0 Å². The fraction of sp³-hybridized carbons (Fsp3) is 1.00. The highest BCUT2D eigenvalue weighted by Gasteiger charge is 2.14. The van der Waals surface area contributed by atoms with Crippen LogP contribution in [0.5, 0.6) is 0 Å². The lowest BCUT2D eigenvalue weighted by molar-refractivity contribution is 0.167. The Morgan fingerprint density at radius 2 is 2.50 bits per heavy atom. The van der Waals surface area contributed by atoms with Gasteiger partial charge in [-0.3, -0.25) is 0 Å². The van der Waals surface area contributed by atoms with Crippen LogP contribution in [0.25, 0.3) is 0 Å². The predicted octanol–water partition coefficient (Wildman–Crippen LogP) is -1.54. The van der Waals surface area contributed by atoms with Gasteiger partial charge in [-0.1, -0.05) is 0 Å². The van der Waals surface area contributed by atoms with E-state index in [2.05, 4.69) is 7.74 Å². The maximum atomic E-state index is 5.39. The molecule has 1 fully saturated rings. The predicted molar refractivity (Wildman–Crippen MR) is 41.8 cm³/mol. The van der Waals surface area contributed by atoms with E-state index in [-0.39, 0.29) is 0 Å². The smallest absolute Gasteiger partial charge is 0.115 e. The van der Waals surface area contributed by atoms with Gasteiger partial charge < -0.3 is 4.74 Å². The van der Waals surface area contributed by atoms with E-state index in [1.807, 2.05) is 0 Å². The summed E-state index contributed by atoms with van der Waals surface area (Å²) in [5.41, 5.74) is 0. The Labute approximate surface area is 53.0 Å². The van der Waals surface area contributed by atoms with Crippen LogP contribution in [0.4, 0.5) is 0 Å². The first-order valence-electron chi connectivity index (χ1n) is 3.55. The minimum absolute atomic E-state index is 0.611. The summed E-state index contributed by atoms with van der Waals surface area (Å²) in [7, 11) is 4.74. The van der Waals surface area contributed by atoms with E-state index in [4.69, 9.17) is 4.74 Å². The summed E-state index contributed by atoms with van der Waals surface area (Å²) in [6, 6.07) is 0.611. The van der Waals surface area contributed by atoms with Crippen LogP contribution in [0.2, 0.25) is 0 Å². The first-order valence-corrected chi connectivity index (χ1v) is 3.55. The van der Waals surface area contributed by atoms with Gasteiger partial charge in [-0.25, -0.2) is 0 Å². The third kappa shape index (κ3) is 1.59. The zero-order valence-corrected chi connectivity index (χ0v) is 5.52. The highest BCUT2D eigenvalue weighted by Crippen LogP contribution is 2.09. The van der Waals surface area contributed by atoms with Gasteiger partial charge in [0.05, 0.1) is 14.8 Å². The molecular weight excluding hydrogens is 96.5 g/mol. The summed E-state index contributed by atoms with van der Waals surface area (Å²) in [5, 5.41) is 0. The maximum absolute atomic E-state index is 5.39. The number of hydrogen-bond acceptors (Lipinski definition) is 1. The topological polar surface area (TPSA) is 9.23 Å². The highest BCUT2D eigenvalue weighted by atomic mass is 16.5. The van der Waals surface area contributed by atoms with E-state index < -0.39 is 0 Å². The lowest BCUT2D eigenvalue weighted by Crippen LogP contribution is -2.21. The second-order valence-corrected chi connectivity index (χ2v) is 2.42. The molecule has 1 aliphatic rings. The van der Waals surface area contributed by atoms with E-state index in [1.54, 1.807) is 0 Å². The Morgan fingerprint density at radius 3 is 3.00 bits per heavy atom. The summed E-state index contributed by atoms with van der Waals surface area (Å²) in [5.74, 6) is 0. The van der Waals surface area contributed by atoms with Crippen LogP contribution >= 0.6 is 0 Å². The molecule has 8 heavy (non-hydrogen) atoms. The maximum Gasteiger partial charge on any atom is 0.115 e. The standard InChI is InChI=1S/C4H11B3O/c5-7-6-4-2-1-3-8-4/h4,6-7H,1-3,5H2. The Bertz CT molecular complexity index is 62.3. The van der Waals surface area contributed by atoms with Crippen LogP contribution in [-0.4, -0.2) is 34.6 Å². The Kier molecular flexibility index (Phi) is 2.54. The van der Waals surface area contributed by atoms with Gasteiger partial charge in [-0.05, 0) is 12.8 Å². The van der Waals surface area contributed by atoms with Gasteiger partial charge in [0.1, 0.15) is 7.17 Å². The second-order valence-electron chi connectivity index (χ2n) is 2.42. The lowest BCUT2D eigenvalue weighted by Gasteiger charge is -2.02. The third-order valence-corrected chi connectivity index (χ3v) is 1.63. The minimum atomic E-state index is 0.611. The number of ether oxygens (including phenoxy) is 1. The van der Waals surface area contributed by atoms with Crippen LogP contribution in [0.1, 0.15) is 12.8 Å². The monoisotopic (exact) mass is 108 g/mol. The van der Waals surface area contributed by atoms with Crippen molar-refractivity contribution in [2.45, 2.75) is 18.8 Å². The van der Waals surface area contributed by atoms with Gasteiger partial charge in [0.25, 0.3) is 0 Å². The van der Waals surface area contributed by atoms with E-state index in [0.29, 0.717) is 6.00 Å². The van der Waals surface area contributed by atoms with Gasteiger partial charge in [0, 0.05) is 12.6 Å². The second kappa shape index (κ2) is 3.23. The molecule has 1 atom stereocenters. The molecule has 0 aromatic carbocycles. The number of rotatable bonds is 2. The van der Waals surface area contributed by atoms with Crippen molar-refractivity contribution in [1.82, 2.24) is 0 Å². The van der Waals surface area contributed by atoms with Crippen molar-refractivity contribution in [3.05, 3.63) is 0 Å². The molecule has 0 amide bonds. The molecule has 0 N–H and O–H groups in total. The van der Waals surface area contributed by atoms with Crippen LogP contribution in [0, 0.1) is 0 Å². The van der Waals surface area contributed by atoms with Gasteiger partial charge in [0.15, 0.2) is 0 Å². The van der Waals surface area contributed by atoms with Gasteiger partial charge in [-0.15, -0.1) is 0 Å². The Morgan fingerprint density at radius 1 is 1.62 bits per heavy atom. The number of hydrogen-bond donors (Lipinski definition) is 0. The lowest BCUT2D eigenvalue weighted by atomic mass is 9.26. The quantitative estimate of drug-likeness (QED) is 0.389. The van der Waals surface area contributed by atoms with Gasteiger partial charge in [0.2, 0.25) is 0 Å². The van der Waals surface area contributed by atoms with Gasteiger partial charge in [-0.2, -0.15) is 0 Å². The summed E-state index contributed by atoms with van der Waals surface area (Å²) in [6.45, 7) is 1.00. The molecule has 0 bridgehead atoms. The zero-order chi connectivity index (χ0) is 5.82. The Hall–Kier alpha value is 0.155. The fourth-order valence-corrected chi connectivity index (χ4v) is 1.19. The van der Waals surface area contributed by atoms with Crippen molar-refractivity contribution in [2.24, 2.45) is 0 Å². The van der Waals surface area contributed by atoms with E-state index >= 15 is 0 Å². The molecule has 0 radical (unpaired) electrons.